The van der Waals surface area contributed by atoms with E-state index in [9.17, 15) is 9.18 Å². The molecule has 1 N–H and O–H groups in total. The largest absolute Gasteiger partial charge is 0.497 e. The Morgan fingerprint density at radius 2 is 2.18 bits per heavy atom. The number of nitrogens with zero attached hydrogens (tertiary/aromatic N) is 1. The van der Waals surface area contributed by atoms with Crippen molar-refractivity contribution in [2.45, 2.75) is 6.54 Å². The minimum absolute atomic E-state index is 0.0124. The van der Waals surface area contributed by atoms with Gasteiger partial charge in [0, 0.05) is 6.54 Å². The Balaban J connectivity index is 1.95. The molecule has 1 heterocycles. The molecule has 114 valence electrons. The van der Waals surface area contributed by atoms with E-state index < -0.39 is 11.7 Å². The summed E-state index contributed by atoms with van der Waals surface area (Å²) in [6, 6.07) is 10.7. The topological polar surface area (TPSA) is 41.6 Å². The summed E-state index contributed by atoms with van der Waals surface area (Å²) in [7, 11) is 1.60. The normalized spacial score (nSPS) is 13.6. The fourth-order valence-electron chi connectivity index (χ4n) is 2.49. The van der Waals surface area contributed by atoms with Gasteiger partial charge in [0.05, 0.1) is 24.5 Å². The maximum absolute atomic E-state index is 14.1. The van der Waals surface area contributed by atoms with Crippen LogP contribution in [0.25, 0.3) is 0 Å². The van der Waals surface area contributed by atoms with Crippen molar-refractivity contribution in [2.24, 2.45) is 0 Å². The molecule has 0 aromatic heterocycles. The number of hydrogen-bond donors (Lipinski definition) is 1. The minimum atomic E-state index is -0.688. The first-order valence-electron chi connectivity index (χ1n) is 6.74. The molecule has 2 aromatic carbocycles. The third kappa shape index (κ3) is 2.60. The van der Waals surface area contributed by atoms with Gasteiger partial charge in [0.2, 0.25) is 0 Å². The third-order valence-corrected chi connectivity index (χ3v) is 3.87. The van der Waals surface area contributed by atoms with Gasteiger partial charge >= 0.3 is 0 Å². The molecule has 3 rings (SSSR count). The number of nitrogens with one attached hydrogen (secondary N) is 1. The van der Waals surface area contributed by atoms with Crippen LogP contribution in [0, 0.1) is 5.82 Å². The Morgan fingerprint density at radius 1 is 1.36 bits per heavy atom. The van der Waals surface area contributed by atoms with Gasteiger partial charge < -0.3 is 15.0 Å². The number of halogens is 2. The highest BCUT2D eigenvalue weighted by Crippen LogP contribution is 2.31. The van der Waals surface area contributed by atoms with Gasteiger partial charge in [-0.2, -0.15) is 0 Å². The molecule has 0 saturated heterocycles. The summed E-state index contributed by atoms with van der Waals surface area (Å²) in [6.07, 6.45) is 0. The number of benzene rings is 2. The average Bonchev–Trinajstić information content (AvgIpc) is 2.53. The zero-order valence-corrected chi connectivity index (χ0v) is 12.7. The second-order valence-corrected chi connectivity index (χ2v) is 5.38. The number of carbonyl (C=O) groups excluding carboxylic acids is 1. The molecule has 22 heavy (non-hydrogen) atoms. The van der Waals surface area contributed by atoms with Crippen LogP contribution in [0.15, 0.2) is 36.4 Å². The lowest BCUT2D eigenvalue weighted by molar-refractivity contribution is 0.0943. The molecule has 0 atom stereocenters. The van der Waals surface area contributed by atoms with Gasteiger partial charge in [-0.15, -0.1) is 0 Å². The van der Waals surface area contributed by atoms with Crippen LogP contribution in [0.5, 0.6) is 5.75 Å². The number of ether oxygens (including phenoxy) is 1. The highest BCUT2D eigenvalue weighted by Gasteiger charge is 2.27. The molecule has 1 aliphatic heterocycles. The Kier molecular flexibility index (Phi) is 3.90. The average molecular weight is 321 g/mol. The van der Waals surface area contributed by atoms with Crippen molar-refractivity contribution in [3.05, 3.63) is 58.4 Å². The van der Waals surface area contributed by atoms with Gasteiger partial charge in [-0.3, -0.25) is 4.79 Å². The van der Waals surface area contributed by atoms with Gasteiger partial charge in [-0.25, -0.2) is 4.39 Å². The van der Waals surface area contributed by atoms with E-state index in [1.165, 1.54) is 6.07 Å². The first-order chi connectivity index (χ1) is 10.6. The van der Waals surface area contributed by atoms with E-state index in [1.807, 2.05) is 29.2 Å². The Labute approximate surface area is 132 Å². The van der Waals surface area contributed by atoms with E-state index in [0.29, 0.717) is 18.9 Å². The Morgan fingerprint density at radius 3 is 2.95 bits per heavy atom. The summed E-state index contributed by atoms with van der Waals surface area (Å²) >= 11 is 5.77. The van der Waals surface area contributed by atoms with Crippen LogP contribution in [0.1, 0.15) is 15.9 Å². The molecule has 0 radical (unpaired) electrons. The molecular formula is C16H14ClFN2O2. The molecule has 1 amide bonds. The predicted molar refractivity (Wildman–Crippen MR) is 82.9 cm³/mol. The number of methoxy groups -OCH3 is 1. The summed E-state index contributed by atoms with van der Waals surface area (Å²) < 4.78 is 19.3. The van der Waals surface area contributed by atoms with Gasteiger partial charge in [0.1, 0.15) is 11.3 Å². The molecule has 6 heteroatoms. The van der Waals surface area contributed by atoms with Crippen molar-refractivity contribution in [3.8, 4) is 5.75 Å². The summed E-state index contributed by atoms with van der Waals surface area (Å²) in [5.74, 6) is -0.384. The van der Waals surface area contributed by atoms with Crippen LogP contribution in [0.4, 0.5) is 10.1 Å². The summed E-state index contributed by atoms with van der Waals surface area (Å²) in [5.41, 5.74) is 1.52. The van der Waals surface area contributed by atoms with Crippen LogP contribution in [0.2, 0.25) is 5.02 Å². The van der Waals surface area contributed by atoms with Gasteiger partial charge in [-0.05, 0) is 29.8 Å². The second kappa shape index (κ2) is 5.85. The van der Waals surface area contributed by atoms with E-state index in [1.54, 1.807) is 13.2 Å². The van der Waals surface area contributed by atoms with Crippen LogP contribution >= 0.6 is 11.6 Å². The second-order valence-electron chi connectivity index (χ2n) is 4.97. The summed E-state index contributed by atoms with van der Waals surface area (Å²) in [6.45, 7) is 0.829. The zero-order valence-electron chi connectivity index (χ0n) is 11.9. The first-order valence-corrected chi connectivity index (χ1v) is 7.12. The number of rotatable bonds is 3. The maximum Gasteiger partial charge on any atom is 0.257 e. The quantitative estimate of drug-likeness (QED) is 0.944. The lowest BCUT2D eigenvalue weighted by Gasteiger charge is -2.31. The molecule has 2 aromatic rings. The summed E-state index contributed by atoms with van der Waals surface area (Å²) in [5, 5.41) is 2.60. The predicted octanol–water partition coefficient (Wildman–Crippen LogP) is 3.20. The molecule has 1 aliphatic rings. The number of anilines is 1. The highest BCUT2D eigenvalue weighted by atomic mass is 35.5. The third-order valence-electron chi connectivity index (χ3n) is 3.58. The smallest absolute Gasteiger partial charge is 0.257 e. The van der Waals surface area contributed by atoms with Crippen LogP contribution in [-0.4, -0.2) is 19.7 Å². The van der Waals surface area contributed by atoms with Crippen molar-refractivity contribution in [1.29, 1.82) is 0 Å². The molecule has 0 spiro atoms. The maximum atomic E-state index is 14.1. The number of amides is 1. The van der Waals surface area contributed by atoms with Gasteiger partial charge in [0.15, 0.2) is 5.82 Å². The van der Waals surface area contributed by atoms with Gasteiger partial charge in [-0.1, -0.05) is 23.7 Å². The fourth-order valence-corrected chi connectivity index (χ4v) is 2.65. The first kappa shape index (κ1) is 14.7. The Bertz CT molecular complexity index is 736. The lowest BCUT2D eigenvalue weighted by atomic mass is 10.1. The van der Waals surface area contributed by atoms with Crippen molar-refractivity contribution in [3.63, 3.8) is 0 Å². The number of carbonyl (C=O) groups is 1. The van der Waals surface area contributed by atoms with E-state index in [-0.39, 0.29) is 10.6 Å². The molecular weight excluding hydrogens is 307 g/mol. The monoisotopic (exact) mass is 320 g/mol. The van der Waals surface area contributed by atoms with E-state index >= 15 is 0 Å². The van der Waals surface area contributed by atoms with Crippen LogP contribution in [0.3, 0.4) is 0 Å². The molecule has 4 nitrogen and oxygen atoms in total. The molecule has 0 saturated carbocycles. The van der Waals surface area contributed by atoms with Crippen molar-refractivity contribution < 1.29 is 13.9 Å². The highest BCUT2D eigenvalue weighted by molar-refractivity contribution is 6.31. The van der Waals surface area contributed by atoms with Crippen molar-refractivity contribution in [2.75, 3.05) is 18.7 Å². The fraction of sp³-hybridized carbons (Fsp3) is 0.188. The molecule has 0 unspecified atom stereocenters. The molecule has 0 aliphatic carbocycles. The standard InChI is InChI=1S/C16H14ClFN2O2/c1-22-11-4-2-3-10(7-11)8-20-9-19-16(21)14-13(20)6-5-12(17)15(14)18/h2-7H,8-9H2,1H3,(H,19,21). The minimum Gasteiger partial charge on any atom is -0.497 e. The van der Waals surface area contributed by atoms with Crippen molar-refractivity contribution in [1.82, 2.24) is 5.32 Å². The van der Waals surface area contributed by atoms with E-state index in [0.717, 1.165) is 11.3 Å². The van der Waals surface area contributed by atoms with Crippen molar-refractivity contribution >= 4 is 23.2 Å². The summed E-state index contributed by atoms with van der Waals surface area (Å²) in [4.78, 5) is 13.8. The van der Waals surface area contributed by atoms with E-state index in [2.05, 4.69) is 5.32 Å². The SMILES string of the molecule is COc1cccc(CN2CNC(=O)c3c2ccc(Cl)c3F)c1. The number of fused-ring (bicyclic) bond motifs is 1. The van der Waals surface area contributed by atoms with Crippen LogP contribution in [-0.2, 0) is 6.54 Å². The number of hydrogen-bond acceptors (Lipinski definition) is 3. The van der Waals surface area contributed by atoms with Crippen LogP contribution < -0.4 is 15.0 Å². The molecule has 0 bridgehead atoms. The lowest BCUT2D eigenvalue weighted by Crippen LogP contribution is -2.43. The Hall–Kier alpha value is -2.27. The van der Waals surface area contributed by atoms with E-state index in [4.69, 9.17) is 16.3 Å². The zero-order chi connectivity index (χ0) is 15.7. The molecule has 0 fully saturated rings. The van der Waals surface area contributed by atoms with Gasteiger partial charge in [0.25, 0.3) is 5.91 Å².